The van der Waals surface area contributed by atoms with Gasteiger partial charge in [0, 0.05) is 12.8 Å². The Morgan fingerprint density at radius 2 is 0.667 bits per heavy atom. The Bertz CT molecular complexity index is 1930. The number of rotatable bonds is 55. The summed E-state index contributed by atoms with van der Waals surface area (Å²) in [5, 5.41) is 11.8. The number of hydrogen-bond acceptors (Lipinski definition) is 8. The number of likely N-dealkylation sites (N-methyl/N-ethyl adjacent to an activating group) is 1. The highest BCUT2D eigenvalue weighted by Gasteiger charge is 2.22. The molecule has 0 saturated carbocycles. The largest absolute Gasteiger partial charge is 0.545 e. The van der Waals surface area contributed by atoms with Crippen LogP contribution in [0.2, 0.25) is 0 Å². The number of carboxylic acids is 1. The quantitative estimate of drug-likeness (QED) is 0.0195. The van der Waals surface area contributed by atoms with Gasteiger partial charge in [-0.1, -0.05) is 235 Å². The molecule has 0 aromatic carbocycles. The third-order valence-corrected chi connectivity index (χ3v) is 12.5. The highest BCUT2D eigenvalue weighted by atomic mass is 16.7. The van der Waals surface area contributed by atoms with Gasteiger partial charge in [0.25, 0.3) is 0 Å². The minimum Gasteiger partial charge on any atom is -0.545 e. The molecule has 0 aliphatic carbocycles. The number of esters is 2. The Morgan fingerprint density at radius 3 is 0.988 bits per heavy atom. The molecule has 454 valence electrons. The lowest BCUT2D eigenvalue weighted by Gasteiger charge is -2.26. The number of hydrogen-bond donors (Lipinski definition) is 0. The summed E-state index contributed by atoms with van der Waals surface area (Å²) in [5.74, 6) is -2.34. The number of carbonyl (C=O) groups is 3. The summed E-state index contributed by atoms with van der Waals surface area (Å²) in [4.78, 5) is 37.3. The molecular weight excluding hydrogens is 1010 g/mol. The lowest BCUT2D eigenvalue weighted by molar-refractivity contribution is -0.870. The first-order valence-corrected chi connectivity index (χ1v) is 31.3. The maximum Gasteiger partial charge on any atom is 0.306 e. The zero-order chi connectivity index (χ0) is 59.1. The molecule has 2 unspecified atom stereocenters. The average Bonchev–Trinajstić information content (AvgIpc) is 3.44. The van der Waals surface area contributed by atoms with Crippen LogP contribution in [0.1, 0.15) is 206 Å². The standard InChI is InChI=1S/C72H113NO8/c1-6-8-10-12-14-16-18-20-22-24-25-26-27-28-29-30-31-32-33-34-35-36-37-38-39-40-41-42-43-44-45-47-49-51-53-55-57-59-61-63-70(75)81-68(67-80-72(71(76)77)78-65-64-73(3,4)5)66-79-69(74)62-60-58-56-54-52-50-48-46-23-21-19-17-15-13-11-9-7-2/h8-11,14-17,20-23,25-26,28-29,31-32,34-35,37-38,40-41,43-44,47,49,68,72H,6-7,12-13,18-19,24,27,30,33,36,39,42,45-46,48,50-67H2,1-5H3/b10-8-,11-9-,16-14-,17-15-,22-20-,23-21-,26-25-,29-28-,32-31-,35-34-,38-37-,41-40-,44-43-,49-47-. The van der Waals surface area contributed by atoms with Crippen LogP contribution >= 0.6 is 0 Å². The van der Waals surface area contributed by atoms with E-state index in [4.69, 9.17) is 18.9 Å². The molecule has 0 radical (unpaired) electrons. The summed E-state index contributed by atoms with van der Waals surface area (Å²) in [6.45, 7) is 4.46. The molecule has 0 N–H and O–H groups in total. The molecule has 0 aliphatic heterocycles. The van der Waals surface area contributed by atoms with Crippen LogP contribution in [0, 0.1) is 0 Å². The Hall–Kier alpha value is -5.35. The first kappa shape index (κ1) is 75.7. The smallest absolute Gasteiger partial charge is 0.306 e. The van der Waals surface area contributed by atoms with Gasteiger partial charge >= 0.3 is 11.9 Å². The normalized spacial score (nSPS) is 13.9. The van der Waals surface area contributed by atoms with Crippen molar-refractivity contribution in [2.75, 3.05) is 47.5 Å². The maximum atomic E-state index is 12.9. The summed E-state index contributed by atoms with van der Waals surface area (Å²) in [5.41, 5.74) is 0. The second kappa shape index (κ2) is 60.7. The SMILES string of the molecule is CC/C=C\C/C=C\C/C=C\C/C=C\C/C=C\C/C=C\C/C=C\C/C=C\C/C=C\C/C=C\C/C=C\CCCCCCCC(=O)OC(COC(=O)CCCCCCCCC/C=C\C/C=C\C/C=C\CC)COC(OCC[N+](C)(C)C)C(=O)[O-]. The molecule has 0 spiro atoms. The highest BCUT2D eigenvalue weighted by Crippen LogP contribution is 2.13. The summed E-state index contributed by atoms with van der Waals surface area (Å²) < 4.78 is 22.7. The van der Waals surface area contributed by atoms with Crippen molar-refractivity contribution in [3.05, 3.63) is 170 Å². The van der Waals surface area contributed by atoms with Gasteiger partial charge in [-0.05, 0) is 128 Å². The van der Waals surface area contributed by atoms with Crippen LogP contribution in [-0.2, 0) is 33.3 Å². The van der Waals surface area contributed by atoms with Crippen molar-refractivity contribution in [1.29, 1.82) is 0 Å². The van der Waals surface area contributed by atoms with E-state index in [2.05, 4.69) is 184 Å². The number of nitrogens with zero attached hydrogens (tertiary/aromatic N) is 1. The van der Waals surface area contributed by atoms with E-state index in [0.29, 0.717) is 17.4 Å². The van der Waals surface area contributed by atoms with Crippen molar-refractivity contribution in [2.45, 2.75) is 219 Å². The van der Waals surface area contributed by atoms with Crippen LogP contribution < -0.4 is 5.11 Å². The van der Waals surface area contributed by atoms with Gasteiger partial charge in [0.1, 0.15) is 13.2 Å². The Labute approximate surface area is 495 Å². The van der Waals surface area contributed by atoms with Gasteiger partial charge in [-0.3, -0.25) is 9.59 Å². The van der Waals surface area contributed by atoms with Crippen LogP contribution in [0.25, 0.3) is 0 Å². The predicted molar refractivity (Wildman–Crippen MR) is 342 cm³/mol. The molecule has 9 heteroatoms. The molecule has 0 rings (SSSR count). The fraction of sp³-hybridized carbons (Fsp3) is 0.569. The second-order valence-electron chi connectivity index (χ2n) is 21.2. The first-order valence-electron chi connectivity index (χ1n) is 31.3. The van der Waals surface area contributed by atoms with Crippen LogP contribution in [0.15, 0.2) is 170 Å². The number of aliphatic carboxylic acids is 1. The van der Waals surface area contributed by atoms with Crippen LogP contribution in [0.4, 0.5) is 0 Å². The van der Waals surface area contributed by atoms with E-state index in [-0.39, 0.29) is 38.6 Å². The van der Waals surface area contributed by atoms with Gasteiger partial charge < -0.3 is 33.3 Å². The summed E-state index contributed by atoms with van der Waals surface area (Å²) in [6.07, 6.45) is 88.4. The summed E-state index contributed by atoms with van der Waals surface area (Å²) in [7, 11) is 5.90. The van der Waals surface area contributed by atoms with Crippen LogP contribution in [-0.4, -0.2) is 82.3 Å². The van der Waals surface area contributed by atoms with Gasteiger partial charge in [0.2, 0.25) is 0 Å². The predicted octanol–water partition coefficient (Wildman–Crippen LogP) is 17.8. The third kappa shape index (κ3) is 62.1. The summed E-state index contributed by atoms with van der Waals surface area (Å²) >= 11 is 0. The molecule has 0 saturated heterocycles. The van der Waals surface area contributed by atoms with E-state index in [9.17, 15) is 19.5 Å². The minimum absolute atomic E-state index is 0.132. The van der Waals surface area contributed by atoms with Gasteiger partial charge in [0.15, 0.2) is 12.4 Å². The fourth-order valence-electron chi connectivity index (χ4n) is 7.73. The average molecular weight is 1120 g/mol. The van der Waals surface area contributed by atoms with Crippen molar-refractivity contribution in [2.24, 2.45) is 0 Å². The molecule has 0 bridgehead atoms. The van der Waals surface area contributed by atoms with E-state index in [1.807, 2.05) is 21.1 Å². The van der Waals surface area contributed by atoms with Gasteiger partial charge in [0.05, 0.1) is 40.3 Å². The van der Waals surface area contributed by atoms with Crippen molar-refractivity contribution < 1.29 is 42.9 Å². The zero-order valence-electron chi connectivity index (χ0n) is 51.6. The molecule has 0 aromatic heterocycles. The van der Waals surface area contributed by atoms with Crippen molar-refractivity contribution in [3.63, 3.8) is 0 Å². The number of carbonyl (C=O) groups excluding carboxylic acids is 3. The second-order valence-corrected chi connectivity index (χ2v) is 21.2. The van der Waals surface area contributed by atoms with Crippen LogP contribution in [0.5, 0.6) is 0 Å². The summed E-state index contributed by atoms with van der Waals surface area (Å²) in [6, 6.07) is 0. The maximum absolute atomic E-state index is 12.9. The minimum atomic E-state index is -1.64. The van der Waals surface area contributed by atoms with E-state index in [1.54, 1.807) is 0 Å². The van der Waals surface area contributed by atoms with Crippen molar-refractivity contribution in [1.82, 2.24) is 0 Å². The van der Waals surface area contributed by atoms with E-state index >= 15 is 0 Å². The number of allylic oxidation sites excluding steroid dienone is 28. The number of carboxylic acid groups (broad SMARTS) is 1. The van der Waals surface area contributed by atoms with Crippen molar-refractivity contribution in [3.8, 4) is 0 Å². The Balaban J connectivity index is 4.27. The van der Waals surface area contributed by atoms with E-state index in [0.717, 1.165) is 154 Å². The molecule has 0 aromatic rings. The molecule has 81 heavy (non-hydrogen) atoms. The highest BCUT2D eigenvalue weighted by molar-refractivity contribution is 5.70. The third-order valence-electron chi connectivity index (χ3n) is 12.5. The monoisotopic (exact) mass is 1120 g/mol. The molecule has 0 amide bonds. The molecule has 0 aliphatic rings. The van der Waals surface area contributed by atoms with Crippen LogP contribution in [0.3, 0.4) is 0 Å². The number of quaternary nitrogens is 1. The van der Waals surface area contributed by atoms with E-state index in [1.165, 1.54) is 19.3 Å². The molecule has 0 fully saturated rings. The Kier molecular flexibility index (Phi) is 56.7. The topological polar surface area (TPSA) is 111 Å². The molecular formula is C72H113NO8. The fourth-order valence-corrected chi connectivity index (χ4v) is 7.73. The number of ether oxygens (including phenoxy) is 4. The zero-order valence-corrected chi connectivity index (χ0v) is 51.6. The molecule has 2 atom stereocenters. The van der Waals surface area contributed by atoms with E-state index < -0.39 is 24.3 Å². The molecule has 0 heterocycles. The lowest BCUT2D eigenvalue weighted by Crippen LogP contribution is -2.44. The van der Waals surface area contributed by atoms with Crippen molar-refractivity contribution >= 4 is 17.9 Å². The van der Waals surface area contributed by atoms with Gasteiger partial charge in [-0.2, -0.15) is 0 Å². The lowest BCUT2D eigenvalue weighted by atomic mass is 10.1. The first-order chi connectivity index (χ1) is 39.6. The Morgan fingerprint density at radius 1 is 0.370 bits per heavy atom. The molecule has 9 nitrogen and oxygen atoms in total. The van der Waals surface area contributed by atoms with Gasteiger partial charge in [-0.25, -0.2) is 0 Å². The number of unbranched alkanes of at least 4 members (excludes halogenated alkanes) is 12. The van der Waals surface area contributed by atoms with Gasteiger partial charge in [-0.15, -0.1) is 0 Å².